The second-order valence-electron chi connectivity index (χ2n) is 2.46. The summed E-state index contributed by atoms with van der Waals surface area (Å²) in [5.74, 6) is -1.27. The van der Waals surface area contributed by atoms with Gasteiger partial charge in [-0.25, -0.2) is 8.42 Å². The van der Waals surface area contributed by atoms with Crippen LogP contribution in [0.4, 0.5) is 0 Å². The Morgan fingerprint density at radius 3 is 2.15 bits per heavy atom. The third kappa shape index (κ3) is 2.39. The maximum atomic E-state index is 11.1. The van der Waals surface area contributed by atoms with Crippen molar-refractivity contribution in [3.8, 4) is 0 Å². The monoisotopic (exact) mass is 226 g/mol. The van der Waals surface area contributed by atoms with E-state index in [1.54, 1.807) is 0 Å². The summed E-state index contributed by atoms with van der Waals surface area (Å²) in [5.41, 5.74) is 0. The topological polar surface area (TPSA) is 83.6 Å². The lowest BCUT2D eigenvalue weighted by atomic mass is 10.4. The number of carbonyl (C=O) groups excluding carboxylic acids is 2. The van der Waals surface area contributed by atoms with Gasteiger partial charge in [0.15, 0.2) is 0 Å². The zero-order valence-electron chi connectivity index (χ0n) is 6.49. The van der Waals surface area contributed by atoms with Crippen molar-refractivity contribution in [2.75, 3.05) is 18.3 Å². The summed E-state index contributed by atoms with van der Waals surface area (Å²) < 4.78 is 23.0. The van der Waals surface area contributed by atoms with E-state index in [2.05, 4.69) is 0 Å². The third-order valence-corrected chi connectivity index (χ3v) is 3.60. The molecule has 0 bridgehead atoms. The molecule has 1 heterocycles. The molecular weight excluding hydrogens is 220 g/mol. The van der Waals surface area contributed by atoms with Gasteiger partial charge in [0.05, 0.1) is 13.1 Å². The molecule has 0 radical (unpaired) electrons. The second kappa shape index (κ2) is 3.60. The molecule has 0 spiro atoms. The second-order valence-corrected chi connectivity index (χ2v) is 5.01. The van der Waals surface area contributed by atoms with Crippen molar-refractivity contribution in [2.24, 2.45) is 0 Å². The van der Waals surface area contributed by atoms with Gasteiger partial charge in [-0.15, -0.1) is 11.6 Å². The molecule has 0 aromatic heterocycles. The Hall–Kier alpha value is -0.660. The van der Waals surface area contributed by atoms with Crippen molar-refractivity contribution in [3.05, 3.63) is 0 Å². The van der Waals surface area contributed by atoms with Gasteiger partial charge in [0.2, 0.25) is 21.8 Å². The minimum Gasteiger partial charge on any atom is -0.294 e. The smallest absolute Gasteiger partial charge is 0.241 e. The molecule has 1 aliphatic rings. The fourth-order valence-corrected chi connectivity index (χ4v) is 2.06. The Morgan fingerprint density at radius 1 is 1.31 bits per heavy atom. The number of hydrogen-bond acceptors (Lipinski definition) is 4. The predicted molar refractivity (Wildman–Crippen MR) is 44.4 cm³/mol. The van der Waals surface area contributed by atoms with Crippen LogP contribution in [-0.4, -0.2) is 42.8 Å². The average molecular weight is 227 g/mol. The first-order valence-corrected chi connectivity index (χ1v) is 5.46. The Bertz CT molecular complexity index is 322. The lowest BCUT2D eigenvalue weighted by Crippen LogP contribution is -2.53. The summed E-state index contributed by atoms with van der Waals surface area (Å²) in [6.45, 7) is -0.693. The van der Waals surface area contributed by atoms with Gasteiger partial charge in [-0.1, -0.05) is 0 Å². The first-order valence-electron chi connectivity index (χ1n) is 3.32. The lowest BCUT2D eigenvalue weighted by molar-refractivity contribution is -0.134. The summed E-state index contributed by atoms with van der Waals surface area (Å²) in [6, 6.07) is 0. The Morgan fingerprint density at radius 2 is 1.77 bits per heavy atom. The number of hydrogen-bond donors (Lipinski definition) is 1. The molecule has 74 valence electrons. The zero-order chi connectivity index (χ0) is 10.1. The van der Waals surface area contributed by atoms with Crippen LogP contribution in [0.5, 0.6) is 0 Å². The van der Waals surface area contributed by atoms with E-state index in [9.17, 15) is 18.0 Å². The first-order chi connectivity index (χ1) is 5.95. The molecule has 0 aromatic rings. The fourth-order valence-electron chi connectivity index (χ4n) is 0.877. The zero-order valence-corrected chi connectivity index (χ0v) is 8.06. The average Bonchev–Trinajstić information content (AvgIpc) is 2.02. The van der Waals surface area contributed by atoms with Crippen LogP contribution in [0, 0.1) is 0 Å². The van der Waals surface area contributed by atoms with Crippen molar-refractivity contribution in [1.82, 2.24) is 9.62 Å². The lowest BCUT2D eigenvalue weighted by Gasteiger charge is -2.23. The number of alkyl halides is 1. The first kappa shape index (κ1) is 10.4. The molecule has 0 aliphatic carbocycles. The minimum atomic E-state index is -3.67. The molecule has 1 aliphatic heterocycles. The van der Waals surface area contributed by atoms with Gasteiger partial charge in [-0.2, -0.15) is 4.31 Å². The van der Waals surface area contributed by atoms with E-state index in [1.807, 2.05) is 5.32 Å². The van der Waals surface area contributed by atoms with Gasteiger partial charge in [0.25, 0.3) is 0 Å². The van der Waals surface area contributed by atoms with Gasteiger partial charge in [0.1, 0.15) is 5.21 Å². The van der Waals surface area contributed by atoms with Crippen molar-refractivity contribution < 1.29 is 18.0 Å². The summed E-state index contributed by atoms with van der Waals surface area (Å²) >= 11 is 5.15. The van der Waals surface area contributed by atoms with Crippen molar-refractivity contribution >= 4 is 33.4 Å². The van der Waals surface area contributed by atoms with Crippen molar-refractivity contribution in [2.45, 2.75) is 0 Å². The Kier molecular flexibility index (Phi) is 2.89. The summed E-state index contributed by atoms with van der Waals surface area (Å²) in [7, 11) is -3.67. The molecule has 13 heavy (non-hydrogen) atoms. The largest absolute Gasteiger partial charge is 0.294 e. The van der Waals surface area contributed by atoms with Gasteiger partial charge < -0.3 is 0 Å². The highest BCUT2D eigenvalue weighted by atomic mass is 35.5. The normalized spacial score (nSPS) is 20.1. The number of carbonyl (C=O) groups is 2. The molecule has 1 fully saturated rings. The van der Waals surface area contributed by atoms with Crippen LogP contribution in [0.2, 0.25) is 0 Å². The minimum absolute atomic E-state index is 0.346. The molecule has 8 heteroatoms. The number of nitrogens with zero attached hydrogens (tertiary/aromatic N) is 1. The molecule has 2 amide bonds. The van der Waals surface area contributed by atoms with E-state index in [0.29, 0.717) is 0 Å². The van der Waals surface area contributed by atoms with Crippen LogP contribution in [0.15, 0.2) is 0 Å². The van der Waals surface area contributed by atoms with E-state index >= 15 is 0 Å². The molecule has 1 N–H and O–H groups in total. The number of sulfonamides is 1. The number of piperazine rings is 1. The van der Waals surface area contributed by atoms with Crippen LogP contribution in [0.25, 0.3) is 0 Å². The summed E-state index contributed by atoms with van der Waals surface area (Å²) in [5, 5.41) is 1.35. The molecule has 0 aromatic carbocycles. The van der Waals surface area contributed by atoms with Gasteiger partial charge in [0, 0.05) is 0 Å². The molecule has 0 unspecified atom stereocenters. The Labute approximate surface area is 79.9 Å². The van der Waals surface area contributed by atoms with E-state index in [0.717, 1.165) is 4.31 Å². The van der Waals surface area contributed by atoms with E-state index in [1.165, 1.54) is 0 Å². The van der Waals surface area contributed by atoms with Crippen molar-refractivity contribution in [1.29, 1.82) is 0 Å². The third-order valence-electron chi connectivity index (χ3n) is 1.45. The number of amides is 2. The van der Waals surface area contributed by atoms with Crippen LogP contribution in [-0.2, 0) is 19.6 Å². The number of nitrogens with one attached hydrogen (secondary N) is 1. The molecular formula is C5H7ClN2O4S. The number of imide groups is 1. The quantitative estimate of drug-likeness (QED) is 0.458. The predicted octanol–water partition coefficient (Wildman–Crippen LogP) is -1.53. The van der Waals surface area contributed by atoms with Crippen LogP contribution < -0.4 is 5.32 Å². The molecule has 0 atom stereocenters. The van der Waals surface area contributed by atoms with Gasteiger partial charge in [-0.3, -0.25) is 14.9 Å². The summed E-state index contributed by atoms with van der Waals surface area (Å²) in [6.07, 6.45) is 0. The van der Waals surface area contributed by atoms with Crippen molar-refractivity contribution in [3.63, 3.8) is 0 Å². The van der Waals surface area contributed by atoms with Crippen LogP contribution >= 0.6 is 11.6 Å². The van der Waals surface area contributed by atoms with Gasteiger partial charge in [-0.05, 0) is 0 Å². The summed E-state index contributed by atoms with van der Waals surface area (Å²) in [4.78, 5) is 21.5. The molecule has 0 saturated carbocycles. The number of halogens is 1. The van der Waals surface area contributed by atoms with Crippen LogP contribution in [0.3, 0.4) is 0 Å². The molecule has 6 nitrogen and oxygen atoms in total. The standard InChI is InChI=1S/C5H7ClN2O4S/c6-3-13(11,12)8-1-4(9)7-5(10)2-8/h1-3H2,(H,7,9,10). The molecule has 1 rings (SSSR count). The van der Waals surface area contributed by atoms with E-state index < -0.39 is 27.0 Å². The number of rotatable bonds is 2. The van der Waals surface area contributed by atoms with Crippen LogP contribution in [0.1, 0.15) is 0 Å². The highest BCUT2D eigenvalue weighted by molar-refractivity contribution is 7.90. The maximum absolute atomic E-state index is 11.1. The highest BCUT2D eigenvalue weighted by Crippen LogP contribution is 2.05. The maximum Gasteiger partial charge on any atom is 0.241 e. The fraction of sp³-hybridized carbons (Fsp3) is 0.600. The van der Waals surface area contributed by atoms with E-state index in [4.69, 9.17) is 11.6 Å². The SMILES string of the molecule is O=C1CN(S(=O)(=O)CCl)CC(=O)N1. The van der Waals surface area contributed by atoms with E-state index in [-0.39, 0.29) is 13.1 Å². The highest BCUT2D eigenvalue weighted by Gasteiger charge is 2.30. The Balaban J connectivity index is 2.83. The molecule has 1 saturated heterocycles. The van der Waals surface area contributed by atoms with Gasteiger partial charge >= 0.3 is 0 Å².